The number of benzene rings is 1. The number of hydrogen-bond donors (Lipinski definition) is 3. The van der Waals surface area contributed by atoms with Gasteiger partial charge in [-0.15, -0.1) is 0 Å². The molecule has 5 heteroatoms. The molecule has 0 saturated heterocycles. The van der Waals surface area contributed by atoms with Gasteiger partial charge in [0.2, 0.25) is 0 Å². The van der Waals surface area contributed by atoms with Gasteiger partial charge >= 0.3 is 0 Å². The smallest absolute Gasteiger partial charge is 0.137 e. The number of aliphatic hydroxyl groups is 2. The lowest BCUT2D eigenvalue weighted by Crippen LogP contribution is -2.22. The maximum absolute atomic E-state index is 9.37. The normalized spacial score (nSPS) is 12.5. The summed E-state index contributed by atoms with van der Waals surface area (Å²) < 4.78 is 1.98. The maximum atomic E-state index is 9.37. The molecule has 3 N–H and O–H groups in total. The van der Waals surface area contributed by atoms with E-state index in [4.69, 9.17) is 5.11 Å². The first kappa shape index (κ1) is 13.6. The number of imidazole rings is 1. The second-order valence-corrected chi connectivity index (χ2v) is 4.89. The molecule has 2 aromatic heterocycles. The Morgan fingerprint density at radius 1 is 1.19 bits per heavy atom. The van der Waals surface area contributed by atoms with Gasteiger partial charge in [-0.3, -0.25) is 0 Å². The molecule has 0 saturated carbocycles. The van der Waals surface area contributed by atoms with Gasteiger partial charge in [0.15, 0.2) is 0 Å². The largest absolute Gasteiger partial charge is 0.394 e. The lowest BCUT2D eigenvalue weighted by atomic mass is 10.1. The van der Waals surface area contributed by atoms with Crippen LogP contribution in [0.3, 0.4) is 0 Å². The van der Waals surface area contributed by atoms with Gasteiger partial charge < -0.3 is 19.9 Å². The van der Waals surface area contributed by atoms with Crippen molar-refractivity contribution >= 4 is 11.3 Å². The van der Waals surface area contributed by atoms with Crippen LogP contribution in [0.15, 0.2) is 54.9 Å². The first-order chi connectivity index (χ1) is 10.3. The molecule has 0 fully saturated rings. The monoisotopic (exact) mass is 283 g/mol. The molecule has 0 bridgehead atoms. The molecule has 1 atom stereocenters. The van der Waals surface area contributed by atoms with Crippen LogP contribution in [-0.2, 0) is 0 Å². The molecule has 1 aromatic carbocycles. The standard InChI is InChI=1S/C16H17N3O2/c20-11-14(21)9-17-13-5-3-4-12(8-13)15-10-19-7-2-1-6-16(19)18-15/h1-8,10,14,17,20-21H,9,11H2. The Hall–Kier alpha value is -2.37. The zero-order valence-corrected chi connectivity index (χ0v) is 11.5. The molecule has 3 aromatic rings. The van der Waals surface area contributed by atoms with E-state index in [0.29, 0.717) is 6.54 Å². The van der Waals surface area contributed by atoms with Crippen molar-refractivity contribution in [3.05, 3.63) is 54.9 Å². The maximum Gasteiger partial charge on any atom is 0.137 e. The predicted octanol–water partition coefficient (Wildman–Crippen LogP) is 1.77. The Morgan fingerprint density at radius 2 is 2.10 bits per heavy atom. The highest BCUT2D eigenvalue weighted by atomic mass is 16.3. The summed E-state index contributed by atoms with van der Waals surface area (Å²) >= 11 is 0. The lowest BCUT2D eigenvalue weighted by molar-refractivity contribution is 0.105. The minimum absolute atomic E-state index is 0.251. The van der Waals surface area contributed by atoms with Crippen molar-refractivity contribution < 1.29 is 10.2 Å². The summed E-state index contributed by atoms with van der Waals surface area (Å²) in [5.41, 5.74) is 3.69. The summed E-state index contributed by atoms with van der Waals surface area (Å²) in [7, 11) is 0. The van der Waals surface area contributed by atoms with Crippen LogP contribution in [0.5, 0.6) is 0 Å². The SMILES string of the molecule is OCC(O)CNc1cccc(-c2cn3ccccc3n2)c1. The highest BCUT2D eigenvalue weighted by Crippen LogP contribution is 2.22. The third-order valence-corrected chi connectivity index (χ3v) is 3.27. The van der Waals surface area contributed by atoms with Crippen molar-refractivity contribution in [2.24, 2.45) is 0 Å². The molecule has 108 valence electrons. The van der Waals surface area contributed by atoms with Crippen molar-refractivity contribution in [3.8, 4) is 11.3 Å². The Labute approximate surface area is 122 Å². The van der Waals surface area contributed by atoms with Crippen LogP contribution in [0, 0.1) is 0 Å². The summed E-state index contributed by atoms with van der Waals surface area (Å²) in [6.45, 7) is 0.0598. The number of aromatic nitrogens is 2. The Kier molecular flexibility index (Phi) is 3.85. The van der Waals surface area contributed by atoms with E-state index in [9.17, 15) is 5.11 Å². The molecule has 0 spiro atoms. The Morgan fingerprint density at radius 3 is 2.90 bits per heavy atom. The van der Waals surface area contributed by atoms with Gasteiger partial charge in [-0.05, 0) is 24.3 Å². The molecule has 1 unspecified atom stereocenters. The predicted molar refractivity (Wildman–Crippen MR) is 82.2 cm³/mol. The second-order valence-electron chi connectivity index (χ2n) is 4.89. The van der Waals surface area contributed by atoms with E-state index in [1.54, 1.807) is 0 Å². The van der Waals surface area contributed by atoms with E-state index in [0.717, 1.165) is 22.6 Å². The van der Waals surface area contributed by atoms with Crippen LogP contribution >= 0.6 is 0 Å². The fourth-order valence-electron chi connectivity index (χ4n) is 2.16. The van der Waals surface area contributed by atoms with E-state index in [-0.39, 0.29) is 6.61 Å². The average Bonchev–Trinajstić information content (AvgIpc) is 2.97. The fraction of sp³-hybridized carbons (Fsp3) is 0.188. The van der Waals surface area contributed by atoms with E-state index >= 15 is 0 Å². The summed E-state index contributed by atoms with van der Waals surface area (Å²) in [6.07, 6.45) is 3.19. The van der Waals surface area contributed by atoms with Crippen molar-refractivity contribution in [1.29, 1.82) is 0 Å². The molecule has 2 heterocycles. The minimum Gasteiger partial charge on any atom is -0.394 e. The van der Waals surface area contributed by atoms with Crippen molar-refractivity contribution in [1.82, 2.24) is 9.38 Å². The number of nitrogens with zero attached hydrogens (tertiary/aromatic N) is 2. The van der Waals surface area contributed by atoms with Gasteiger partial charge in [-0.2, -0.15) is 0 Å². The topological polar surface area (TPSA) is 69.8 Å². The van der Waals surface area contributed by atoms with E-state index in [2.05, 4.69) is 10.3 Å². The highest BCUT2D eigenvalue weighted by Gasteiger charge is 2.06. The molecule has 0 aliphatic carbocycles. The second kappa shape index (κ2) is 5.95. The fourth-order valence-corrected chi connectivity index (χ4v) is 2.16. The third kappa shape index (κ3) is 3.04. The summed E-state index contributed by atoms with van der Waals surface area (Å²) in [5.74, 6) is 0. The number of fused-ring (bicyclic) bond motifs is 1. The van der Waals surface area contributed by atoms with Crippen molar-refractivity contribution in [3.63, 3.8) is 0 Å². The number of rotatable bonds is 5. The third-order valence-electron chi connectivity index (χ3n) is 3.27. The van der Waals surface area contributed by atoms with Gasteiger partial charge in [-0.25, -0.2) is 4.98 Å². The molecule has 0 aliphatic heterocycles. The van der Waals surface area contributed by atoms with Gasteiger partial charge in [0.1, 0.15) is 5.65 Å². The van der Waals surface area contributed by atoms with Crippen molar-refractivity contribution in [2.75, 3.05) is 18.5 Å². The van der Waals surface area contributed by atoms with E-state index in [1.807, 2.05) is 59.3 Å². The Bertz CT molecular complexity index is 706. The van der Waals surface area contributed by atoms with Crippen LogP contribution in [-0.4, -0.2) is 38.9 Å². The summed E-state index contributed by atoms with van der Waals surface area (Å²) in [4.78, 5) is 4.58. The molecular formula is C16H17N3O2. The quantitative estimate of drug-likeness (QED) is 0.667. The first-order valence-electron chi connectivity index (χ1n) is 6.83. The highest BCUT2D eigenvalue weighted by molar-refractivity contribution is 5.67. The van der Waals surface area contributed by atoms with Crippen molar-refractivity contribution in [2.45, 2.75) is 6.10 Å². The molecule has 21 heavy (non-hydrogen) atoms. The number of nitrogens with one attached hydrogen (secondary N) is 1. The number of hydrogen-bond acceptors (Lipinski definition) is 4. The molecule has 0 radical (unpaired) electrons. The van der Waals surface area contributed by atoms with Crippen LogP contribution < -0.4 is 5.32 Å². The van der Waals surface area contributed by atoms with Crippen LogP contribution in [0.4, 0.5) is 5.69 Å². The summed E-state index contributed by atoms with van der Waals surface area (Å²) in [6, 6.07) is 13.7. The molecular weight excluding hydrogens is 266 g/mol. The Balaban J connectivity index is 1.85. The van der Waals surface area contributed by atoms with Crippen LogP contribution in [0.2, 0.25) is 0 Å². The average molecular weight is 283 g/mol. The molecule has 3 rings (SSSR count). The molecule has 0 aliphatic rings. The van der Waals surface area contributed by atoms with E-state index in [1.165, 1.54) is 0 Å². The number of aliphatic hydroxyl groups excluding tert-OH is 2. The van der Waals surface area contributed by atoms with Crippen LogP contribution in [0.1, 0.15) is 0 Å². The summed E-state index contributed by atoms with van der Waals surface area (Å²) in [5, 5.41) is 21.3. The zero-order valence-electron chi connectivity index (χ0n) is 11.5. The van der Waals surface area contributed by atoms with Crippen LogP contribution in [0.25, 0.3) is 16.9 Å². The number of pyridine rings is 1. The number of anilines is 1. The van der Waals surface area contributed by atoms with E-state index < -0.39 is 6.10 Å². The van der Waals surface area contributed by atoms with Gasteiger partial charge in [-0.1, -0.05) is 18.2 Å². The lowest BCUT2D eigenvalue weighted by Gasteiger charge is -2.10. The molecule has 0 amide bonds. The van der Waals surface area contributed by atoms with Gasteiger partial charge in [0.25, 0.3) is 0 Å². The van der Waals surface area contributed by atoms with Gasteiger partial charge in [0.05, 0.1) is 18.4 Å². The van der Waals surface area contributed by atoms with Gasteiger partial charge in [0, 0.05) is 30.2 Å². The zero-order chi connectivity index (χ0) is 14.7. The first-order valence-corrected chi connectivity index (χ1v) is 6.83. The molecule has 5 nitrogen and oxygen atoms in total. The minimum atomic E-state index is -0.760.